The molecule has 2 aromatic rings. The third-order valence-corrected chi connectivity index (χ3v) is 2.17. The van der Waals surface area contributed by atoms with Crippen molar-refractivity contribution in [3.63, 3.8) is 0 Å². The minimum Gasteiger partial charge on any atom is -0.456 e. The molecule has 2 rings (SSSR count). The number of nitrogen functional groups attached to an aromatic ring is 1. The largest absolute Gasteiger partial charge is 0.456 e. The summed E-state index contributed by atoms with van der Waals surface area (Å²) in [6.07, 6.45) is 1.35. The van der Waals surface area contributed by atoms with Crippen LogP contribution in [0.15, 0.2) is 36.5 Å². The molecule has 0 spiro atoms. The topological polar surface area (TPSA) is 48.1 Å². The third-order valence-electron chi connectivity index (χ3n) is 1.89. The highest BCUT2D eigenvalue weighted by Crippen LogP contribution is 2.24. The van der Waals surface area contributed by atoms with Gasteiger partial charge in [0.1, 0.15) is 11.5 Å². The van der Waals surface area contributed by atoms with Crippen molar-refractivity contribution < 1.29 is 9.13 Å². The van der Waals surface area contributed by atoms with Crippen molar-refractivity contribution >= 4 is 17.3 Å². The van der Waals surface area contributed by atoms with Gasteiger partial charge in [0.25, 0.3) is 0 Å². The zero-order valence-electron chi connectivity index (χ0n) is 8.15. The van der Waals surface area contributed by atoms with Crippen LogP contribution in [0.2, 0.25) is 5.15 Å². The predicted octanol–water partition coefficient (Wildman–Crippen LogP) is 3.25. The van der Waals surface area contributed by atoms with Gasteiger partial charge in [-0.05, 0) is 24.3 Å². The van der Waals surface area contributed by atoms with Crippen molar-refractivity contribution in [1.82, 2.24) is 4.98 Å². The number of ether oxygens (including phenoxy) is 1. The monoisotopic (exact) mass is 238 g/mol. The number of anilines is 1. The fraction of sp³-hybridized carbons (Fsp3) is 0. The molecule has 82 valence electrons. The van der Waals surface area contributed by atoms with Gasteiger partial charge in [0.15, 0.2) is 11.0 Å². The van der Waals surface area contributed by atoms with Crippen LogP contribution in [-0.2, 0) is 0 Å². The van der Waals surface area contributed by atoms with E-state index in [2.05, 4.69) is 4.98 Å². The molecular weight excluding hydrogens is 231 g/mol. The highest BCUT2D eigenvalue weighted by atomic mass is 35.5. The van der Waals surface area contributed by atoms with E-state index in [1.807, 2.05) is 0 Å². The van der Waals surface area contributed by atoms with Gasteiger partial charge in [-0.3, -0.25) is 0 Å². The first-order valence-electron chi connectivity index (χ1n) is 4.49. The summed E-state index contributed by atoms with van der Waals surface area (Å²) in [5.41, 5.74) is 6.15. The van der Waals surface area contributed by atoms with Crippen molar-refractivity contribution in [2.75, 3.05) is 5.73 Å². The Kier molecular flexibility index (Phi) is 2.92. The Hall–Kier alpha value is -1.81. The molecule has 0 bridgehead atoms. The van der Waals surface area contributed by atoms with Crippen LogP contribution in [0.5, 0.6) is 11.5 Å². The standard InChI is InChI=1S/C11H8ClFN2O/c12-11-10(13)5-9(6-15-11)16-8-3-1-7(14)2-4-8/h1-6H,14H2. The Labute approximate surface area is 96.6 Å². The number of hydrogen-bond acceptors (Lipinski definition) is 3. The first-order chi connectivity index (χ1) is 7.65. The Balaban J connectivity index is 2.20. The normalized spacial score (nSPS) is 10.1. The van der Waals surface area contributed by atoms with Gasteiger partial charge in [0, 0.05) is 11.8 Å². The second-order valence-corrected chi connectivity index (χ2v) is 3.47. The number of nitrogens with two attached hydrogens (primary N) is 1. The molecule has 0 aliphatic heterocycles. The van der Waals surface area contributed by atoms with Crippen molar-refractivity contribution in [3.8, 4) is 11.5 Å². The van der Waals surface area contributed by atoms with Gasteiger partial charge in [0.2, 0.25) is 0 Å². The van der Waals surface area contributed by atoms with Gasteiger partial charge in [0.05, 0.1) is 6.20 Å². The minimum atomic E-state index is -0.616. The lowest BCUT2D eigenvalue weighted by molar-refractivity contribution is 0.473. The van der Waals surface area contributed by atoms with E-state index in [4.69, 9.17) is 22.1 Å². The summed E-state index contributed by atoms with van der Waals surface area (Å²) < 4.78 is 18.4. The van der Waals surface area contributed by atoms with E-state index < -0.39 is 5.82 Å². The van der Waals surface area contributed by atoms with Crippen molar-refractivity contribution in [2.45, 2.75) is 0 Å². The maximum absolute atomic E-state index is 13.1. The number of halogens is 2. The lowest BCUT2D eigenvalue weighted by Crippen LogP contribution is -1.89. The zero-order valence-corrected chi connectivity index (χ0v) is 8.91. The Morgan fingerprint density at radius 3 is 2.50 bits per heavy atom. The van der Waals surface area contributed by atoms with Crippen LogP contribution in [-0.4, -0.2) is 4.98 Å². The minimum absolute atomic E-state index is 0.176. The lowest BCUT2D eigenvalue weighted by atomic mass is 10.3. The van der Waals surface area contributed by atoms with Gasteiger partial charge in [-0.15, -0.1) is 0 Å². The van der Waals surface area contributed by atoms with E-state index in [-0.39, 0.29) is 10.9 Å². The SMILES string of the molecule is Nc1ccc(Oc2cnc(Cl)c(F)c2)cc1. The average molecular weight is 239 g/mol. The highest BCUT2D eigenvalue weighted by Gasteiger charge is 2.04. The molecular formula is C11H8ClFN2O. The molecule has 0 fully saturated rings. The summed E-state index contributed by atoms with van der Waals surface area (Å²) in [5.74, 6) is 0.221. The Bertz CT molecular complexity index is 502. The molecule has 16 heavy (non-hydrogen) atoms. The fourth-order valence-corrected chi connectivity index (χ4v) is 1.23. The average Bonchev–Trinajstić information content (AvgIpc) is 2.27. The van der Waals surface area contributed by atoms with E-state index in [0.29, 0.717) is 11.4 Å². The van der Waals surface area contributed by atoms with Crippen LogP contribution in [0.4, 0.5) is 10.1 Å². The summed E-state index contributed by atoms with van der Waals surface area (Å²) in [6, 6.07) is 7.92. The molecule has 0 aliphatic rings. The molecule has 1 heterocycles. The second-order valence-electron chi connectivity index (χ2n) is 3.11. The quantitative estimate of drug-likeness (QED) is 0.645. The Morgan fingerprint density at radius 1 is 1.19 bits per heavy atom. The Morgan fingerprint density at radius 2 is 1.88 bits per heavy atom. The summed E-state index contributed by atoms with van der Waals surface area (Å²) in [7, 11) is 0. The first kappa shape index (κ1) is 10.7. The molecule has 2 N–H and O–H groups in total. The van der Waals surface area contributed by atoms with Crippen LogP contribution in [0.1, 0.15) is 0 Å². The van der Waals surface area contributed by atoms with E-state index in [0.717, 1.165) is 0 Å². The fourth-order valence-electron chi connectivity index (χ4n) is 1.13. The van der Waals surface area contributed by atoms with Gasteiger partial charge in [-0.25, -0.2) is 9.37 Å². The molecule has 0 radical (unpaired) electrons. The number of benzene rings is 1. The number of aromatic nitrogens is 1. The van der Waals surface area contributed by atoms with Crippen LogP contribution < -0.4 is 10.5 Å². The molecule has 0 saturated carbocycles. The number of pyridine rings is 1. The maximum Gasteiger partial charge on any atom is 0.164 e. The van der Waals surface area contributed by atoms with E-state index in [1.165, 1.54) is 12.3 Å². The molecule has 0 saturated heterocycles. The summed E-state index contributed by atoms with van der Waals surface area (Å²) in [4.78, 5) is 3.63. The second kappa shape index (κ2) is 4.37. The van der Waals surface area contributed by atoms with Gasteiger partial charge in [-0.2, -0.15) is 0 Å². The van der Waals surface area contributed by atoms with Gasteiger partial charge in [-0.1, -0.05) is 11.6 Å². The molecule has 1 aromatic carbocycles. The third kappa shape index (κ3) is 2.41. The number of nitrogens with zero attached hydrogens (tertiary/aromatic N) is 1. The van der Waals surface area contributed by atoms with E-state index in [1.54, 1.807) is 24.3 Å². The molecule has 0 atom stereocenters. The predicted molar refractivity (Wildman–Crippen MR) is 60.1 cm³/mol. The van der Waals surface area contributed by atoms with Gasteiger partial charge >= 0.3 is 0 Å². The van der Waals surface area contributed by atoms with Gasteiger partial charge < -0.3 is 10.5 Å². The molecule has 0 unspecified atom stereocenters. The highest BCUT2D eigenvalue weighted by molar-refractivity contribution is 6.29. The smallest absolute Gasteiger partial charge is 0.164 e. The summed E-state index contributed by atoms with van der Waals surface area (Å²) in [5, 5.41) is -0.176. The van der Waals surface area contributed by atoms with Crippen molar-refractivity contribution in [3.05, 3.63) is 47.5 Å². The first-order valence-corrected chi connectivity index (χ1v) is 4.87. The molecule has 3 nitrogen and oxygen atoms in total. The van der Waals surface area contributed by atoms with Crippen molar-refractivity contribution in [1.29, 1.82) is 0 Å². The zero-order chi connectivity index (χ0) is 11.5. The summed E-state index contributed by atoms with van der Waals surface area (Å²) >= 11 is 5.45. The molecule has 0 amide bonds. The number of rotatable bonds is 2. The molecule has 1 aromatic heterocycles. The molecule has 5 heteroatoms. The maximum atomic E-state index is 13.1. The van der Waals surface area contributed by atoms with E-state index >= 15 is 0 Å². The van der Waals surface area contributed by atoms with Crippen LogP contribution in [0.25, 0.3) is 0 Å². The molecule has 0 aliphatic carbocycles. The van der Waals surface area contributed by atoms with E-state index in [9.17, 15) is 4.39 Å². The lowest BCUT2D eigenvalue weighted by Gasteiger charge is -2.05. The van der Waals surface area contributed by atoms with Crippen LogP contribution in [0.3, 0.4) is 0 Å². The van der Waals surface area contributed by atoms with Crippen LogP contribution in [0, 0.1) is 5.82 Å². The number of hydrogen-bond donors (Lipinski definition) is 1. The van der Waals surface area contributed by atoms with Crippen LogP contribution >= 0.6 is 11.6 Å². The van der Waals surface area contributed by atoms with Crippen molar-refractivity contribution in [2.24, 2.45) is 0 Å². The summed E-state index contributed by atoms with van der Waals surface area (Å²) in [6.45, 7) is 0.